The van der Waals surface area contributed by atoms with Crippen molar-refractivity contribution in [3.8, 4) is 0 Å². The summed E-state index contributed by atoms with van der Waals surface area (Å²) in [6.45, 7) is 2.75. The maximum absolute atomic E-state index is 14.4. The molecule has 1 unspecified atom stereocenters. The van der Waals surface area contributed by atoms with Gasteiger partial charge in [0, 0.05) is 18.2 Å². The van der Waals surface area contributed by atoms with Crippen LogP contribution in [-0.4, -0.2) is 50.0 Å². The van der Waals surface area contributed by atoms with E-state index < -0.39 is 34.3 Å². The van der Waals surface area contributed by atoms with Crippen LogP contribution in [0.2, 0.25) is 0 Å². The molecule has 1 aliphatic rings. The van der Waals surface area contributed by atoms with Crippen LogP contribution in [0.15, 0.2) is 48.5 Å². The van der Waals surface area contributed by atoms with Gasteiger partial charge < -0.3 is 10.2 Å². The lowest BCUT2D eigenvalue weighted by Crippen LogP contribution is -2.52. The van der Waals surface area contributed by atoms with E-state index in [1.165, 1.54) is 11.0 Å². The monoisotopic (exact) mass is 489 g/mol. The highest BCUT2D eigenvalue weighted by molar-refractivity contribution is 7.92. The standard InChI is InChI=1S/C25H32FN3O4S/c1-18-9-8-13-22(15-18)29(34(3,32)33)17-24(30)28(16-20-10-4-7-14-23(20)26)19(2)25(31)27-21-11-5-6-12-21/h4,7-10,13-15,19,21H,5-6,11-12,16-17H2,1-3H3,(H,27,31). The van der Waals surface area contributed by atoms with E-state index in [2.05, 4.69) is 5.32 Å². The van der Waals surface area contributed by atoms with Crippen molar-refractivity contribution in [3.05, 3.63) is 65.5 Å². The minimum Gasteiger partial charge on any atom is -0.352 e. The number of amides is 2. The highest BCUT2D eigenvalue weighted by atomic mass is 32.2. The maximum Gasteiger partial charge on any atom is 0.244 e. The Balaban J connectivity index is 1.89. The Morgan fingerprint density at radius 2 is 1.79 bits per heavy atom. The Bertz CT molecular complexity index is 1130. The highest BCUT2D eigenvalue weighted by Gasteiger charge is 2.31. The van der Waals surface area contributed by atoms with Crippen molar-refractivity contribution in [1.82, 2.24) is 10.2 Å². The van der Waals surface area contributed by atoms with E-state index in [-0.39, 0.29) is 24.1 Å². The van der Waals surface area contributed by atoms with E-state index in [1.54, 1.807) is 43.3 Å². The Morgan fingerprint density at radius 3 is 2.41 bits per heavy atom. The van der Waals surface area contributed by atoms with Gasteiger partial charge >= 0.3 is 0 Å². The van der Waals surface area contributed by atoms with Gasteiger partial charge in [-0.15, -0.1) is 0 Å². The minimum absolute atomic E-state index is 0.0557. The molecule has 1 N–H and O–H groups in total. The molecule has 0 radical (unpaired) electrons. The van der Waals surface area contributed by atoms with E-state index in [0.29, 0.717) is 5.69 Å². The number of hydrogen-bond donors (Lipinski definition) is 1. The second kappa shape index (κ2) is 11.0. The number of carbonyl (C=O) groups is 2. The molecule has 1 fully saturated rings. The lowest BCUT2D eigenvalue weighted by Gasteiger charge is -2.32. The second-order valence-corrected chi connectivity index (χ2v) is 10.8. The lowest BCUT2D eigenvalue weighted by atomic mass is 10.1. The molecule has 0 heterocycles. The molecule has 2 aromatic rings. The van der Waals surface area contributed by atoms with Gasteiger partial charge in [0.15, 0.2) is 0 Å². The zero-order chi connectivity index (χ0) is 24.9. The topological polar surface area (TPSA) is 86.8 Å². The van der Waals surface area contributed by atoms with Crippen LogP contribution in [0.25, 0.3) is 0 Å². The molecule has 1 aliphatic carbocycles. The summed E-state index contributed by atoms with van der Waals surface area (Å²) in [5.41, 5.74) is 1.44. The lowest BCUT2D eigenvalue weighted by molar-refractivity contribution is -0.139. The molecule has 2 amide bonds. The first kappa shape index (κ1) is 25.7. The molecule has 184 valence electrons. The van der Waals surface area contributed by atoms with E-state index in [9.17, 15) is 22.4 Å². The zero-order valence-electron chi connectivity index (χ0n) is 19.8. The fourth-order valence-corrected chi connectivity index (χ4v) is 5.02. The number of nitrogens with zero attached hydrogens (tertiary/aromatic N) is 2. The fraction of sp³-hybridized carbons (Fsp3) is 0.440. The van der Waals surface area contributed by atoms with Gasteiger partial charge in [0.25, 0.3) is 0 Å². The number of aryl methyl sites for hydroxylation is 1. The first-order valence-electron chi connectivity index (χ1n) is 11.4. The van der Waals surface area contributed by atoms with Crippen LogP contribution in [0.1, 0.15) is 43.7 Å². The van der Waals surface area contributed by atoms with E-state index in [0.717, 1.165) is 41.8 Å². The second-order valence-electron chi connectivity index (χ2n) is 8.89. The molecule has 34 heavy (non-hydrogen) atoms. The van der Waals surface area contributed by atoms with Crippen molar-refractivity contribution in [1.29, 1.82) is 0 Å². The third kappa shape index (κ3) is 6.56. The Labute approximate surface area is 201 Å². The predicted molar refractivity (Wildman–Crippen MR) is 130 cm³/mol. The van der Waals surface area contributed by atoms with Crippen LogP contribution in [0.3, 0.4) is 0 Å². The van der Waals surface area contributed by atoms with Crippen molar-refractivity contribution in [3.63, 3.8) is 0 Å². The van der Waals surface area contributed by atoms with Crippen molar-refractivity contribution in [2.45, 2.75) is 58.2 Å². The molecule has 1 atom stereocenters. The van der Waals surface area contributed by atoms with Crippen LogP contribution < -0.4 is 9.62 Å². The average Bonchev–Trinajstić information content (AvgIpc) is 3.28. The smallest absolute Gasteiger partial charge is 0.244 e. The van der Waals surface area contributed by atoms with Gasteiger partial charge in [-0.05, 0) is 50.5 Å². The SMILES string of the molecule is Cc1cccc(N(CC(=O)N(Cc2ccccc2F)C(C)C(=O)NC2CCCC2)S(C)(=O)=O)c1. The Morgan fingerprint density at radius 1 is 1.12 bits per heavy atom. The minimum atomic E-state index is -3.80. The van der Waals surface area contributed by atoms with E-state index >= 15 is 0 Å². The number of benzene rings is 2. The van der Waals surface area contributed by atoms with Gasteiger partial charge in [-0.1, -0.05) is 43.2 Å². The molecule has 1 saturated carbocycles. The number of hydrogen-bond acceptors (Lipinski definition) is 4. The maximum atomic E-state index is 14.4. The number of halogens is 1. The van der Waals surface area contributed by atoms with E-state index in [4.69, 9.17) is 0 Å². The number of nitrogens with one attached hydrogen (secondary N) is 1. The predicted octanol–water partition coefficient (Wildman–Crippen LogP) is 3.38. The molecule has 0 saturated heterocycles. The highest BCUT2D eigenvalue weighted by Crippen LogP contribution is 2.22. The van der Waals surface area contributed by atoms with Crippen molar-refractivity contribution < 1.29 is 22.4 Å². The number of anilines is 1. The van der Waals surface area contributed by atoms with Crippen LogP contribution >= 0.6 is 0 Å². The summed E-state index contributed by atoms with van der Waals surface area (Å²) in [5, 5.41) is 2.98. The first-order valence-corrected chi connectivity index (χ1v) is 13.3. The Kier molecular flexibility index (Phi) is 8.30. The quantitative estimate of drug-likeness (QED) is 0.585. The number of sulfonamides is 1. The van der Waals surface area contributed by atoms with Gasteiger partial charge in [0.1, 0.15) is 18.4 Å². The molecule has 0 aliphatic heterocycles. The van der Waals surface area contributed by atoms with Gasteiger partial charge in [0.2, 0.25) is 21.8 Å². The summed E-state index contributed by atoms with van der Waals surface area (Å²) in [7, 11) is -3.80. The van der Waals surface area contributed by atoms with Gasteiger partial charge in [0.05, 0.1) is 11.9 Å². The molecule has 9 heteroatoms. The largest absolute Gasteiger partial charge is 0.352 e. The van der Waals surface area contributed by atoms with Crippen molar-refractivity contribution >= 4 is 27.5 Å². The van der Waals surface area contributed by atoms with Gasteiger partial charge in [-0.2, -0.15) is 0 Å². The van der Waals surface area contributed by atoms with E-state index in [1.807, 2.05) is 13.0 Å². The van der Waals surface area contributed by atoms with Gasteiger partial charge in [-0.3, -0.25) is 13.9 Å². The Hall–Kier alpha value is -2.94. The average molecular weight is 490 g/mol. The summed E-state index contributed by atoms with van der Waals surface area (Å²) in [6.07, 6.45) is 4.87. The summed E-state index contributed by atoms with van der Waals surface area (Å²) in [6, 6.07) is 12.0. The van der Waals surface area contributed by atoms with Crippen LogP contribution in [0.4, 0.5) is 10.1 Å². The number of rotatable bonds is 9. The van der Waals surface area contributed by atoms with Crippen LogP contribution in [0.5, 0.6) is 0 Å². The third-order valence-electron chi connectivity index (χ3n) is 6.14. The molecular formula is C25H32FN3O4S. The summed E-state index contributed by atoms with van der Waals surface area (Å²) in [5.74, 6) is -1.43. The zero-order valence-corrected chi connectivity index (χ0v) is 20.6. The molecule has 0 bridgehead atoms. The summed E-state index contributed by atoms with van der Waals surface area (Å²) < 4.78 is 40.6. The molecule has 7 nitrogen and oxygen atoms in total. The fourth-order valence-electron chi connectivity index (χ4n) is 4.18. The van der Waals surface area contributed by atoms with Crippen LogP contribution in [0, 0.1) is 12.7 Å². The normalized spacial score (nSPS) is 15.1. The molecule has 2 aromatic carbocycles. The summed E-state index contributed by atoms with van der Waals surface area (Å²) >= 11 is 0. The van der Waals surface area contributed by atoms with Crippen molar-refractivity contribution in [2.75, 3.05) is 17.1 Å². The van der Waals surface area contributed by atoms with Crippen molar-refractivity contribution in [2.24, 2.45) is 0 Å². The van der Waals surface area contributed by atoms with Gasteiger partial charge in [-0.25, -0.2) is 12.8 Å². The third-order valence-corrected chi connectivity index (χ3v) is 7.28. The molecule has 3 rings (SSSR count). The van der Waals surface area contributed by atoms with Crippen LogP contribution in [-0.2, 0) is 26.2 Å². The molecule has 0 aromatic heterocycles. The number of carbonyl (C=O) groups excluding carboxylic acids is 2. The molecule has 0 spiro atoms. The summed E-state index contributed by atoms with van der Waals surface area (Å²) in [4.78, 5) is 27.7. The molecular weight excluding hydrogens is 457 g/mol. The first-order chi connectivity index (χ1) is 16.1.